The Hall–Kier alpha value is -2.20. The Balaban J connectivity index is 0.00000109. The molecular formula is C21H30N4. The molecule has 2 aromatic heterocycles. The molecule has 0 atom stereocenters. The van der Waals surface area contributed by atoms with Crippen molar-refractivity contribution in [2.45, 2.75) is 34.1 Å². The van der Waals surface area contributed by atoms with Crippen LogP contribution in [-0.2, 0) is 0 Å². The second-order valence-electron chi connectivity index (χ2n) is 5.81. The van der Waals surface area contributed by atoms with Crippen molar-refractivity contribution in [3.8, 4) is 0 Å². The van der Waals surface area contributed by atoms with Gasteiger partial charge in [0.15, 0.2) is 0 Å². The molecule has 2 aromatic rings. The van der Waals surface area contributed by atoms with Crippen molar-refractivity contribution in [1.29, 1.82) is 0 Å². The number of pyridine rings is 2. The highest BCUT2D eigenvalue weighted by molar-refractivity contribution is 5.79. The van der Waals surface area contributed by atoms with E-state index in [0.29, 0.717) is 0 Å². The van der Waals surface area contributed by atoms with Gasteiger partial charge in [0.2, 0.25) is 0 Å². The van der Waals surface area contributed by atoms with Crippen LogP contribution in [0.4, 0.5) is 5.82 Å². The van der Waals surface area contributed by atoms with Gasteiger partial charge in [0.1, 0.15) is 5.82 Å². The summed E-state index contributed by atoms with van der Waals surface area (Å²) in [5, 5.41) is 3.44. The fraction of sp³-hybridized carbons (Fsp3) is 0.429. The highest BCUT2D eigenvalue weighted by atomic mass is 15.2. The van der Waals surface area contributed by atoms with Crippen LogP contribution in [0.15, 0.2) is 42.6 Å². The average Bonchev–Trinajstić information content (AvgIpc) is 2.95. The quantitative estimate of drug-likeness (QED) is 0.916. The Kier molecular flexibility index (Phi) is 7.61. The molecule has 1 fully saturated rings. The molecule has 4 heteroatoms. The van der Waals surface area contributed by atoms with E-state index in [9.17, 15) is 0 Å². The molecule has 1 saturated heterocycles. The third-order valence-electron chi connectivity index (χ3n) is 4.26. The first kappa shape index (κ1) is 19.1. The van der Waals surface area contributed by atoms with Gasteiger partial charge in [0.25, 0.3) is 0 Å². The number of rotatable bonds is 3. The van der Waals surface area contributed by atoms with E-state index >= 15 is 0 Å². The number of anilines is 1. The molecule has 0 amide bonds. The molecule has 3 heterocycles. The molecule has 0 saturated carbocycles. The number of hydrogen-bond acceptors (Lipinski definition) is 4. The van der Waals surface area contributed by atoms with Gasteiger partial charge in [-0.2, -0.15) is 0 Å². The van der Waals surface area contributed by atoms with Crippen LogP contribution in [0.2, 0.25) is 0 Å². The van der Waals surface area contributed by atoms with Crippen LogP contribution in [0, 0.1) is 6.92 Å². The molecule has 0 radical (unpaired) electrons. The fourth-order valence-electron chi connectivity index (χ4n) is 3.03. The maximum Gasteiger partial charge on any atom is 0.129 e. The number of aromatic nitrogens is 2. The van der Waals surface area contributed by atoms with Crippen molar-refractivity contribution in [2.75, 3.05) is 31.1 Å². The summed E-state index contributed by atoms with van der Waals surface area (Å²) in [5.41, 5.74) is 4.34. The van der Waals surface area contributed by atoms with Gasteiger partial charge in [0, 0.05) is 42.7 Å². The second kappa shape index (κ2) is 9.94. The van der Waals surface area contributed by atoms with Gasteiger partial charge >= 0.3 is 0 Å². The Morgan fingerprint density at radius 2 is 1.96 bits per heavy atom. The van der Waals surface area contributed by atoms with Gasteiger partial charge in [-0.05, 0) is 45.0 Å². The summed E-state index contributed by atoms with van der Waals surface area (Å²) in [6.07, 6.45) is 5.12. The van der Waals surface area contributed by atoms with Crippen LogP contribution in [0.25, 0.3) is 5.57 Å². The zero-order valence-electron chi connectivity index (χ0n) is 15.9. The standard InChI is InChI=1S/C19H24N4.C2H6/c1-3-16(17-7-5-11-21-15(17)2)18-8-4-9-19(22-18)23-13-6-10-20-12-14-23;1-2/h3-5,7-9,11,20H,6,10,12-14H2,1-2H3;1-2H3/b16-3+;. The van der Waals surface area contributed by atoms with Crippen molar-refractivity contribution in [3.63, 3.8) is 0 Å². The Morgan fingerprint density at radius 1 is 1.12 bits per heavy atom. The van der Waals surface area contributed by atoms with Gasteiger partial charge in [-0.3, -0.25) is 4.98 Å². The van der Waals surface area contributed by atoms with Crippen LogP contribution < -0.4 is 10.2 Å². The first-order valence-corrected chi connectivity index (χ1v) is 9.31. The Labute approximate surface area is 152 Å². The predicted octanol–water partition coefficient (Wildman–Crippen LogP) is 4.06. The number of hydrogen-bond donors (Lipinski definition) is 1. The van der Waals surface area contributed by atoms with E-state index in [1.807, 2.05) is 33.0 Å². The third kappa shape index (κ3) is 4.89. The van der Waals surface area contributed by atoms with Crippen LogP contribution in [0.5, 0.6) is 0 Å². The van der Waals surface area contributed by atoms with Gasteiger partial charge < -0.3 is 10.2 Å². The summed E-state index contributed by atoms with van der Waals surface area (Å²) in [7, 11) is 0. The molecule has 3 rings (SSSR count). The zero-order valence-corrected chi connectivity index (χ0v) is 15.9. The van der Waals surface area contributed by atoms with Crippen molar-refractivity contribution in [3.05, 3.63) is 59.6 Å². The molecule has 0 bridgehead atoms. The lowest BCUT2D eigenvalue weighted by atomic mass is 10.0. The number of allylic oxidation sites excluding steroid dienone is 1. The van der Waals surface area contributed by atoms with E-state index in [1.165, 1.54) is 0 Å². The largest absolute Gasteiger partial charge is 0.355 e. The molecule has 0 aliphatic carbocycles. The summed E-state index contributed by atoms with van der Waals surface area (Å²) in [6.45, 7) is 12.3. The van der Waals surface area contributed by atoms with Crippen molar-refractivity contribution >= 4 is 11.4 Å². The maximum atomic E-state index is 4.93. The second-order valence-corrected chi connectivity index (χ2v) is 5.81. The fourth-order valence-corrected chi connectivity index (χ4v) is 3.03. The minimum Gasteiger partial charge on any atom is -0.355 e. The molecule has 4 nitrogen and oxygen atoms in total. The monoisotopic (exact) mass is 338 g/mol. The lowest BCUT2D eigenvalue weighted by molar-refractivity contribution is 0.724. The summed E-state index contributed by atoms with van der Waals surface area (Å²) < 4.78 is 0. The lowest BCUT2D eigenvalue weighted by Gasteiger charge is -2.22. The minimum atomic E-state index is 1.01. The predicted molar refractivity (Wildman–Crippen MR) is 107 cm³/mol. The van der Waals surface area contributed by atoms with Crippen LogP contribution >= 0.6 is 0 Å². The Bertz CT molecular complexity index is 686. The highest BCUT2D eigenvalue weighted by Gasteiger charge is 2.13. The molecule has 1 aliphatic rings. The van der Waals surface area contributed by atoms with Crippen molar-refractivity contribution < 1.29 is 0 Å². The van der Waals surface area contributed by atoms with Gasteiger partial charge in [0.05, 0.1) is 5.69 Å². The van der Waals surface area contributed by atoms with Gasteiger partial charge in [-0.15, -0.1) is 0 Å². The summed E-state index contributed by atoms with van der Waals surface area (Å²) in [6, 6.07) is 10.4. The summed E-state index contributed by atoms with van der Waals surface area (Å²) in [4.78, 5) is 11.7. The van der Waals surface area contributed by atoms with Crippen molar-refractivity contribution in [2.24, 2.45) is 0 Å². The molecule has 0 aromatic carbocycles. The summed E-state index contributed by atoms with van der Waals surface area (Å²) >= 11 is 0. The first-order valence-electron chi connectivity index (χ1n) is 9.31. The van der Waals surface area contributed by atoms with E-state index in [2.05, 4.69) is 52.5 Å². The Morgan fingerprint density at radius 3 is 2.72 bits per heavy atom. The third-order valence-corrected chi connectivity index (χ3v) is 4.26. The molecule has 1 N–H and O–H groups in total. The first-order chi connectivity index (χ1) is 12.3. The average molecular weight is 338 g/mol. The van der Waals surface area contributed by atoms with Crippen LogP contribution in [0.3, 0.4) is 0 Å². The number of aryl methyl sites for hydroxylation is 1. The zero-order chi connectivity index (χ0) is 18.1. The molecule has 0 spiro atoms. The van der Waals surface area contributed by atoms with E-state index in [-0.39, 0.29) is 0 Å². The molecule has 134 valence electrons. The molecular weight excluding hydrogens is 308 g/mol. The number of nitrogens with one attached hydrogen (secondary N) is 1. The summed E-state index contributed by atoms with van der Waals surface area (Å²) in [5.74, 6) is 1.06. The molecule has 0 unspecified atom stereocenters. The normalized spacial score (nSPS) is 15.2. The molecule has 1 aliphatic heterocycles. The smallest absolute Gasteiger partial charge is 0.129 e. The van der Waals surface area contributed by atoms with E-state index in [4.69, 9.17) is 4.98 Å². The topological polar surface area (TPSA) is 41.0 Å². The SMILES string of the molecule is C/C=C(/c1cccc(N2CCCNCC2)n1)c1cccnc1C.CC. The van der Waals surface area contributed by atoms with Gasteiger partial charge in [-0.1, -0.05) is 32.1 Å². The molecule has 25 heavy (non-hydrogen) atoms. The van der Waals surface area contributed by atoms with Gasteiger partial charge in [-0.25, -0.2) is 4.98 Å². The minimum absolute atomic E-state index is 1.01. The van der Waals surface area contributed by atoms with Crippen LogP contribution in [0.1, 0.15) is 44.1 Å². The van der Waals surface area contributed by atoms with E-state index < -0.39 is 0 Å². The number of nitrogens with zero attached hydrogens (tertiary/aromatic N) is 3. The van der Waals surface area contributed by atoms with Crippen molar-refractivity contribution in [1.82, 2.24) is 15.3 Å². The van der Waals surface area contributed by atoms with E-state index in [1.54, 1.807) is 0 Å². The highest BCUT2D eigenvalue weighted by Crippen LogP contribution is 2.25. The lowest BCUT2D eigenvalue weighted by Crippen LogP contribution is -2.28. The van der Waals surface area contributed by atoms with Crippen LogP contribution in [-0.4, -0.2) is 36.1 Å². The maximum absolute atomic E-state index is 4.93. The van der Waals surface area contributed by atoms with E-state index in [0.717, 1.165) is 60.9 Å².